The van der Waals surface area contributed by atoms with Crippen LogP contribution in [0.25, 0.3) is 0 Å². The van der Waals surface area contributed by atoms with E-state index in [4.69, 9.17) is 5.73 Å². The highest BCUT2D eigenvalue weighted by Gasteiger charge is 2.35. The second kappa shape index (κ2) is 6.42. The molecule has 20 heavy (non-hydrogen) atoms. The topological polar surface area (TPSA) is 98.3 Å². The summed E-state index contributed by atoms with van der Waals surface area (Å²) in [6.45, 7) is 3.69. The molecule has 1 aromatic rings. The summed E-state index contributed by atoms with van der Waals surface area (Å²) in [7, 11) is 0. The van der Waals surface area contributed by atoms with Crippen LogP contribution in [0.1, 0.15) is 26.7 Å². The highest BCUT2D eigenvalue weighted by molar-refractivity contribution is 5.97. The molecule has 1 aromatic carbocycles. The van der Waals surface area contributed by atoms with E-state index in [0.717, 1.165) is 12.1 Å². The Labute approximate surface area is 116 Å². The predicted octanol–water partition coefficient (Wildman–Crippen LogP) is 2.44. The van der Waals surface area contributed by atoms with E-state index in [0.29, 0.717) is 12.8 Å². The third kappa shape index (κ3) is 2.93. The summed E-state index contributed by atoms with van der Waals surface area (Å²) in [6.07, 6.45) is 0.933. The number of rotatable bonds is 6. The molecule has 0 fully saturated rings. The fourth-order valence-corrected chi connectivity index (χ4v) is 1.99. The van der Waals surface area contributed by atoms with Gasteiger partial charge < -0.3 is 11.1 Å². The van der Waals surface area contributed by atoms with Crippen LogP contribution in [0.3, 0.4) is 0 Å². The number of nitro benzene ring substituents is 1. The van der Waals surface area contributed by atoms with Gasteiger partial charge in [-0.3, -0.25) is 14.9 Å². The van der Waals surface area contributed by atoms with E-state index in [1.54, 1.807) is 13.8 Å². The molecule has 7 heteroatoms. The Hall–Kier alpha value is -2.02. The Morgan fingerprint density at radius 3 is 2.50 bits per heavy atom. The number of nitrogens with two attached hydrogens (primary N) is 1. The fourth-order valence-electron chi connectivity index (χ4n) is 1.99. The molecule has 0 aliphatic heterocycles. The molecule has 0 aromatic heterocycles. The monoisotopic (exact) mass is 283 g/mol. The molecule has 1 amide bonds. The summed E-state index contributed by atoms with van der Waals surface area (Å²) in [6, 6.07) is 3.42. The van der Waals surface area contributed by atoms with E-state index in [9.17, 15) is 19.3 Å². The average molecular weight is 283 g/mol. The van der Waals surface area contributed by atoms with Crippen LogP contribution in [0.4, 0.5) is 15.8 Å². The zero-order chi connectivity index (χ0) is 15.3. The molecule has 0 saturated heterocycles. The van der Waals surface area contributed by atoms with Gasteiger partial charge in [0.1, 0.15) is 0 Å². The van der Waals surface area contributed by atoms with Gasteiger partial charge in [0.15, 0.2) is 11.5 Å². The molecule has 110 valence electrons. The number of halogens is 1. The van der Waals surface area contributed by atoms with Crippen molar-refractivity contribution in [1.29, 1.82) is 0 Å². The van der Waals surface area contributed by atoms with E-state index in [2.05, 4.69) is 5.32 Å². The van der Waals surface area contributed by atoms with Crippen LogP contribution in [-0.2, 0) is 4.79 Å². The number of benzene rings is 1. The third-order valence-electron chi connectivity index (χ3n) is 3.65. The Kier molecular flexibility index (Phi) is 5.15. The van der Waals surface area contributed by atoms with Crippen LogP contribution in [0.15, 0.2) is 18.2 Å². The Bertz CT molecular complexity index is 507. The smallest absolute Gasteiger partial charge is 0.295 e. The molecule has 0 unspecified atom stereocenters. The summed E-state index contributed by atoms with van der Waals surface area (Å²) < 4.78 is 13.7. The van der Waals surface area contributed by atoms with Crippen molar-refractivity contribution in [2.24, 2.45) is 11.1 Å². The summed E-state index contributed by atoms with van der Waals surface area (Å²) in [5, 5.41) is 13.2. The van der Waals surface area contributed by atoms with Crippen molar-refractivity contribution in [3.8, 4) is 0 Å². The third-order valence-corrected chi connectivity index (χ3v) is 3.65. The molecule has 0 aliphatic carbocycles. The number of nitrogens with one attached hydrogen (secondary N) is 1. The van der Waals surface area contributed by atoms with Crippen LogP contribution >= 0.6 is 0 Å². The molecular weight excluding hydrogens is 265 g/mol. The number of hydrogen-bond donors (Lipinski definition) is 2. The highest BCUT2D eigenvalue weighted by atomic mass is 19.1. The fraction of sp³-hybridized carbons (Fsp3) is 0.462. The van der Waals surface area contributed by atoms with Crippen molar-refractivity contribution in [2.45, 2.75) is 26.7 Å². The first-order chi connectivity index (χ1) is 9.41. The van der Waals surface area contributed by atoms with Crippen LogP contribution in [0.2, 0.25) is 0 Å². The number of carbonyl (C=O) groups excluding carboxylic acids is 1. The zero-order valence-corrected chi connectivity index (χ0v) is 11.5. The maximum absolute atomic E-state index is 13.7. The molecule has 0 heterocycles. The molecule has 0 radical (unpaired) electrons. The van der Waals surface area contributed by atoms with Gasteiger partial charge in [-0.15, -0.1) is 0 Å². The number of carbonyl (C=O) groups is 1. The van der Waals surface area contributed by atoms with Gasteiger partial charge in [-0.05, 0) is 18.9 Å². The largest absolute Gasteiger partial charge is 0.329 e. The lowest BCUT2D eigenvalue weighted by Crippen LogP contribution is -2.41. The van der Waals surface area contributed by atoms with Crippen LogP contribution in [0.5, 0.6) is 0 Å². The summed E-state index contributed by atoms with van der Waals surface area (Å²) in [5.74, 6) is -1.34. The van der Waals surface area contributed by atoms with Crippen molar-refractivity contribution in [2.75, 3.05) is 11.9 Å². The van der Waals surface area contributed by atoms with Crippen molar-refractivity contribution in [3.05, 3.63) is 34.1 Å². The van der Waals surface area contributed by atoms with Gasteiger partial charge >= 0.3 is 0 Å². The lowest BCUT2D eigenvalue weighted by molar-refractivity contribution is -0.384. The van der Waals surface area contributed by atoms with Gasteiger partial charge in [0.2, 0.25) is 5.91 Å². The molecular formula is C13H18FN3O3. The van der Waals surface area contributed by atoms with Crippen molar-refractivity contribution < 1.29 is 14.1 Å². The first kappa shape index (κ1) is 16.0. The van der Waals surface area contributed by atoms with Crippen LogP contribution in [0, 0.1) is 21.3 Å². The molecule has 0 bridgehead atoms. The molecule has 0 saturated carbocycles. The standard InChI is InChI=1S/C13H18FN3O3/c1-3-13(4-2,8-15)12(18)16-11-9(14)6-5-7-10(11)17(19)20/h5-7H,3-4,8,15H2,1-2H3,(H,16,18). The van der Waals surface area contributed by atoms with Crippen molar-refractivity contribution >= 4 is 17.3 Å². The Morgan fingerprint density at radius 1 is 1.45 bits per heavy atom. The summed E-state index contributed by atoms with van der Waals surface area (Å²) in [5.41, 5.74) is 3.89. The molecule has 0 atom stereocenters. The van der Waals surface area contributed by atoms with Gasteiger partial charge in [-0.25, -0.2) is 4.39 Å². The van der Waals surface area contributed by atoms with Gasteiger partial charge in [0.25, 0.3) is 5.69 Å². The second-order valence-electron chi connectivity index (χ2n) is 4.54. The van der Waals surface area contributed by atoms with Gasteiger partial charge in [0.05, 0.1) is 10.3 Å². The first-order valence-corrected chi connectivity index (χ1v) is 6.36. The minimum absolute atomic E-state index is 0.0914. The number of nitro groups is 1. The number of amides is 1. The van der Waals surface area contributed by atoms with E-state index >= 15 is 0 Å². The zero-order valence-electron chi connectivity index (χ0n) is 11.5. The van der Waals surface area contributed by atoms with Crippen LogP contribution in [-0.4, -0.2) is 17.4 Å². The normalized spacial score (nSPS) is 11.2. The summed E-state index contributed by atoms with van der Waals surface area (Å²) in [4.78, 5) is 22.4. The minimum atomic E-state index is -0.851. The molecule has 6 nitrogen and oxygen atoms in total. The van der Waals surface area contributed by atoms with E-state index < -0.39 is 33.4 Å². The SMILES string of the molecule is CCC(CC)(CN)C(=O)Nc1c(F)cccc1[N+](=O)[O-]. The van der Waals surface area contributed by atoms with Gasteiger partial charge in [-0.1, -0.05) is 19.9 Å². The maximum atomic E-state index is 13.7. The molecule has 1 rings (SSSR count). The molecule has 0 aliphatic rings. The van der Waals surface area contributed by atoms with Gasteiger partial charge in [0, 0.05) is 12.6 Å². The Morgan fingerprint density at radius 2 is 2.05 bits per heavy atom. The number of para-hydroxylation sites is 1. The van der Waals surface area contributed by atoms with Crippen LogP contribution < -0.4 is 11.1 Å². The van der Waals surface area contributed by atoms with E-state index in [1.165, 1.54) is 6.07 Å². The molecule has 3 N–H and O–H groups in total. The maximum Gasteiger partial charge on any atom is 0.295 e. The van der Waals surface area contributed by atoms with Gasteiger partial charge in [-0.2, -0.15) is 0 Å². The second-order valence-corrected chi connectivity index (χ2v) is 4.54. The quantitative estimate of drug-likeness (QED) is 0.618. The van der Waals surface area contributed by atoms with Crippen molar-refractivity contribution in [1.82, 2.24) is 0 Å². The van der Waals surface area contributed by atoms with E-state index in [-0.39, 0.29) is 6.54 Å². The lowest BCUT2D eigenvalue weighted by atomic mass is 9.81. The number of nitrogens with zero attached hydrogens (tertiary/aromatic N) is 1. The van der Waals surface area contributed by atoms with E-state index in [1.807, 2.05) is 0 Å². The minimum Gasteiger partial charge on any atom is -0.329 e. The number of hydrogen-bond acceptors (Lipinski definition) is 4. The lowest BCUT2D eigenvalue weighted by Gasteiger charge is -2.28. The average Bonchev–Trinajstić information content (AvgIpc) is 2.43. The first-order valence-electron chi connectivity index (χ1n) is 6.36. The number of anilines is 1. The summed E-state index contributed by atoms with van der Waals surface area (Å²) >= 11 is 0. The molecule has 0 spiro atoms. The predicted molar refractivity (Wildman–Crippen MR) is 73.8 cm³/mol. The highest BCUT2D eigenvalue weighted by Crippen LogP contribution is 2.31. The van der Waals surface area contributed by atoms with Crippen molar-refractivity contribution in [3.63, 3.8) is 0 Å². The Balaban J connectivity index is 3.16.